The minimum Gasteiger partial charge on any atom is -0.0616 e. The molecule has 0 bridgehead atoms. The zero-order chi connectivity index (χ0) is 19.7. The van der Waals surface area contributed by atoms with Crippen LogP contribution < -0.4 is 0 Å². The van der Waals surface area contributed by atoms with Crippen molar-refractivity contribution in [2.24, 2.45) is 0 Å². The van der Waals surface area contributed by atoms with Crippen molar-refractivity contribution in [3.63, 3.8) is 0 Å². The summed E-state index contributed by atoms with van der Waals surface area (Å²) in [6.07, 6.45) is 0. The fourth-order valence-corrected chi connectivity index (χ4v) is 5.40. The summed E-state index contributed by atoms with van der Waals surface area (Å²) < 4.78 is 0. The van der Waals surface area contributed by atoms with Crippen LogP contribution in [0.25, 0.3) is 65.7 Å². The molecule has 0 aliphatic heterocycles. The number of hydrogen-bond donors (Lipinski definition) is 0. The molecule has 6 aromatic rings. The standard InChI is InChI=1S/C30H18/c1-2-11-20-19(9-1)10-7-16-22(20)28-25-14-5-6-15-26(25)29-23-13-4-3-12-21(23)24-17-8-18-27(28)30(24)29/h1-18H. The zero-order valence-electron chi connectivity index (χ0n) is 16.4. The van der Waals surface area contributed by atoms with Crippen LogP contribution in [0, 0.1) is 0 Å². The fourth-order valence-electron chi connectivity index (χ4n) is 5.40. The Labute approximate surface area is 175 Å². The van der Waals surface area contributed by atoms with Gasteiger partial charge in [-0.1, -0.05) is 109 Å². The summed E-state index contributed by atoms with van der Waals surface area (Å²) in [6, 6.07) is 39.9. The van der Waals surface area contributed by atoms with Crippen LogP contribution in [0.2, 0.25) is 0 Å². The predicted molar refractivity (Wildman–Crippen MR) is 129 cm³/mol. The average molecular weight is 378 g/mol. The Morgan fingerprint density at radius 3 is 1.70 bits per heavy atom. The van der Waals surface area contributed by atoms with Gasteiger partial charge in [-0.2, -0.15) is 0 Å². The molecule has 0 fully saturated rings. The number of rotatable bonds is 1. The van der Waals surface area contributed by atoms with Crippen LogP contribution in [-0.4, -0.2) is 0 Å². The molecular formula is C30H18. The van der Waals surface area contributed by atoms with Crippen LogP contribution in [0.4, 0.5) is 0 Å². The first-order valence-corrected chi connectivity index (χ1v) is 10.5. The van der Waals surface area contributed by atoms with Gasteiger partial charge in [0.05, 0.1) is 0 Å². The highest BCUT2D eigenvalue weighted by Gasteiger charge is 2.26. The minimum absolute atomic E-state index is 1.28. The molecule has 0 atom stereocenters. The summed E-state index contributed by atoms with van der Waals surface area (Å²) in [5.74, 6) is 0. The highest BCUT2D eigenvalue weighted by atomic mass is 14.3. The molecule has 0 heteroatoms. The number of benzene rings is 6. The van der Waals surface area contributed by atoms with Gasteiger partial charge in [0, 0.05) is 0 Å². The largest absolute Gasteiger partial charge is 0.0616 e. The van der Waals surface area contributed by atoms with E-state index < -0.39 is 0 Å². The fraction of sp³-hybridized carbons (Fsp3) is 0. The quantitative estimate of drug-likeness (QED) is 0.251. The van der Waals surface area contributed by atoms with Crippen LogP contribution >= 0.6 is 0 Å². The summed E-state index contributed by atoms with van der Waals surface area (Å²) >= 11 is 0. The van der Waals surface area contributed by atoms with Gasteiger partial charge in [-0.25, -0.2) is 0 Å². The molecule has 0 nitrogen and oxygen atoms in total. The Balaban J connectivity index is 1.76. The van der Waals surface area contributed by atoms with Gasteiger partial charge in [-0.05, 0) is 65.7 Å². The smallest absolute Gasteiger partial charge is 0.00137 e. The first-order chi connectivity index (χ1) is 14.9. The van der Waals surface area contributed by atoms with E-state index in [4.69, 9.17) is 0 Å². The Bertz CT molecular complexity index is 1630. The van der Waals surface area contributed by atoms with E-state index in [0.29, 0.717) is 0 Å². The van der Waals surface area contributed by atoms with E-state index in [1.54, 1.807) is 0 Å². The Kier molecular flexibility index (Phi) is 3.09. The molecule has 0 amide bonds. The normalized spacial score (nSPS) is 12.0. The van der Waals surface area contributed by atoms with E-state index >= 15 is 0 Å². The SMILES string of the molecule is c1ccc2c(c1)-c1cccc3c(-c4cccc5ccccc45)c4ccccc4c-2c13. The summed E-state index contributed by atoms with van der Waals surface area (Å²) in [5, 5.41) is 7.98. The Morgan fingerprint density at radius 1 is 0.300 bits per heavy atom. The predicted octanol–water partition coefficient (Wildman–Crippen LogP) is 8.46. The molecule has 0 saturated heterocycles. The van der Waals surface area contributed by atoms with Gasteiger partial charge >= 0.3 is 0 Å². The van der Waals surface area contributed by atoms with Gasteiger partial charge < -0.3 is 0 Å². The second kappa shape index (κ2) is 5.81. The van der Waals surface area contributed by atoms with Gasteiger partial charge in [0.15, 0.2) is 0 Å². The lowest BCUT2D eigenvalue weighted by molar-refractivity contribution is 1.70. The first kappa shape index (κ1) is 16.0. The molecule has 7 rings (SSSR count). The van der Waals surface area contributed by atoms with E-state index in [9.17, 15) is 0 Å². The van der Waals surface area contributed by atoms with E-state index in [2.05, 4.69) is 109 Å². The zero-order valence-corrected chi connectivity index (χ0v) is 16.4. The lowest BCUT2D eigenvalue weighted by Gasteiger charge is -2.16. The van der Waals surface area contributed by atoms with Crippen molar-refractivity contribution in [3.8, 4) is 33.4 Å². The summed E-state index contributed by atoms with van der Waals surface area (Å²) in [4.78, 5) is 0. The van der Waals surface area contributed by atoms with Crippen molar-refractivity contribution in [3.05, 3.63) is 109 Å². The van der Waals surface area contributed by atoms with Gasteiger partial charge in [-0.3, -0.25) is 0 Å². The monoisotopic (exact) mass is 378 g/mol. The van der Waals surface area contributed by atoms with Crippen LogP contribution in [0.1, 0.15) is 0 Å². The van der Waals surface area contributed by atoms with E-state index in [0.717, 1.165) is 0 Å². The maximum absolute atomic E-state index is 2.30. The molecule has 138 valence electrons. The molecule has 1 aliphatic carbocycles. The average Bonchev–Trinajstić information content (AvgIpc) is 3.15. The molecule has 0 saturated carbocycles. The van der Waals surface area contributed by atoms with Crippen molar-refractivity contribution in [2.75, 3.05) is 0 Å². The summed E-state index contributed by atoms with van der Waals surface area (Å²) in [5.41, 5.74) is 8.09. The molecule has 0 aromatic heterocycles. The van der Waals surface area contributed by atoms with E-state index in [-0.39, 0.29) is 0 Å². The van der Waals surface area contributed by atoms with E-state index in [1.165, 1.54) is 65.7 Å². The second-order valence-electron chi connectivity index (χ2n) is 8.10. The van der Waals surface area contributed by atoms with Gasteiger partial charge in [0.1, 0.15) is 0 Å². The summed E-state index contributed by atoms with van der Waals surface area (Å²) in [7, 11) is 0. The van der Waals surface area contributed by atoms with Crippen LogP contribution in [0.15, 0.2) is 109 Å². The molecule has 0 unspecified atom stereocenters. The van der Waals surface area contributed by atoms with Gasteiger partial charge in [-0.15, -0.1) is 0 Å². The minimum atomic E-state index is 1.28. The van der Waals surface area contributed by atoms with Gasteiger partial charge in [0.25, 0.3) is 0 Å². The lowest BCUT2D eigenvalue weighted by Crippen LogP contribution is -1.89. The topological polar surface area (TPSA) is 0 Å². The lowest BCUT2D eigenvalue weighted by atomic mass is 9.86. The maximum atomic E-state index is 2.30. The van der Waals surface area contributed by atoms with Crippen molar-refractivity contribution < 1.29 is 0 Å². The molecule has 0 heterocycles. The molecule has 1 aliphatic rings. The maximum Gasteiger partial charge on any atom is -0.00137 e. The molecule has 0 spiro atoms. The van der Waals surface area contributed by atoms with Crippen molar-refractivity contribution in [1.82, 2.24) is 0 Å². The number of hydrogen-bond acceptors (Lipinski definition) is 0. The first-order valence-electron chi connectivity index (χ1n) is 10.5. The van der Waals surface area contributed by atoms with Crippen molar-refractivity contribution in [1.29, 1.82) is 0 Å². The van der Waals surface area contributed by atoms with Crippen LogP contribution in [-0.2, 0) is 0 Å². The third-order valence-electron chi connectivity index (χ3n) is 6.60. The summed E-state index contributed by atoms with van der Waals surface area (Å²) in [6.45, 7) is 0. The van der Waals surface area contributed by atoms with E-state index in [1.807, 2.05) is 0 Å². The molecule has 0 N–H and O–H groups in total. The third-order valence-corrected chi connectivity index (χ3v) is 6.60. The van der Waals surface area contributed by atoms with Gasteiger partial charge in [0.2, 0.25) is 0 Å². The molecule has 6 aromatic carbocycles. The molecular weight excluding hydrogens is 360 g/mol. The highest BCUT2D eigenvalue weighted by molar-refractivity contribution is 6.30. The Hall–Kier alpha value is -3.90. The molecule has 30 heavy (non-hydrogen) atoms. The van der Waals surface area contributed by atoms with Crippen LogP contribution in [0.3, 0.4) is 0 Å². The third kappa shape index (κ3) is 1.96. The van der Waals surface area contributed by atoms with Crippen molar-refractivity contribution >= 4 is 32.3 Å². The highest BCUT2D eigenvalue weighted by Crippen LogP contribution is 2.53. The van der Waals surface area contributed by atoms with Crippen LogP contribution in [0.5, 0.6) is 0 Å². The van der Waals surface area contributed by atoms with Crippen molar-refractivity contribution in [2.45, 2.75) is 0 Å². The second-order valence-corrected chi connectivity index (χ2v) is 8.10. The molecule has 0 radical (unpaired) electrons. The Morgan fingerprint density at radius 2 is 0.833 bits per heavy atom. The number of fused-ring (bicyclic) bond motifs is 6.